The first-order chi connectivity index (χ1) is 13.6. The molecule has 28 heavy (non-hydrogen) atoms. The molecular weight excluding hydrogens is 374 g/mol. The number of carbonyl (C=O) groups is 1. The molecule has 0 unspecified atom stereocenters. The number of carbonyl (C=O) groups excluding carboxylic acids is 1. The number of hydrogen-bond donors (Lipinski definition) is 1. The molecule has 0 saturated carbocycles. The van der Waals surface area contributed by atoms with Gasteiger partial charge < -0.3 is 10.2 Å². The number of nitrogens with zero attached hydrogens (tertiary/aromatic N) is 4. The first-order valence-corrected chi connectivity index (χ1v) is 10.4. The molecule has 1 aliphatic rings. The van der Waals surface area contributed by atoms with Crippen molar-refractivity contribution in [1.29, 1.82) is 0 Å². The van der Waals surface area contributed by atoms with Gasteiger partial charge in [0.1, 0.15) is 6.04 Å². The minimum atomic E-state index is -0.242. The normalized spacial score (nSPS) is 16.6. The van der Waals surface area contributed by atoms with E-state index >= 15 is 0 Å². The third-order valence-corrected chi connectivity index (χ3v) is 5.89. The first-order valence-electron chi connectivity index (χ1n) is 9.57. The summed E-state index contributed by atoms with van der Waals surface area (Å²) in [7, 11) is 0. The third kappa shape index (κ3) is 3.91. The highest BCUT2D eigenvalue weighted by Crippen LogP contribution is 2.29. The first kappa shape index (κ1) is 18.6. The van der Waals surface area contributed by atoms with Crippen LogP contribution in [0.3, 0.4) is 0 Å². The number of hydrogen-bond acceptors (Lipinski definition) is 6. The van der Waals surface area contributed by atoms with Gasteiger partial charge in [0.25, 0.3) is 5.56 Å². The number of anilines is 1. The highest BCUT2D eigenvalue weighted by atomic mass is 32.1. The van der Waals surface area contributed by atoms with E-state index in [9.17, 15) is 9.59 Å². The van der Waals surface area contributed by atoms with E-state index in [2.05, 4.69) is 27.5 Å². The molecule has 1 amide bonds. The van der Waals surface area contributed by atoms with Crippen LogP contribution in [0, 0.1) is 6.92 Å². The second-order valence-corrected chi connectivity index (χ2v) is 7.98. The smallest absolute Gasteiger partial charge is 0.275 e. The lowest BCUT2D eigenvalue weighted by Gasteiger charge is -2.22. The molecule has 7 nitrogen and oxygen atoms in total. The van der Waals surface area contributed by atoms with Gasteiger partial charge in [0.2, 0.25) is 16.0 Å². The molecular formula is C20H23N5O2S. The Labute approximate surface area is 167 Å². The number of rotatable bonds is 6. The summed E-state index contributed by atoms with van der Waals surface area (Å²) in [5.41, 5.74) is 1.77. The quantitative estimate of drug-likeness (QED) is 0.645. The minimum absolute atomic E-state index is 0.0290. The number of fused-ring (bicyclic) bond motifs is 1. The molecule has 2 aromatic heterocycles. The summed E-state index contributed by atoms with van der Waals surface area (Å²) < 4.78 is 1.32. The van der Waals surface area contributed by atoms with Crippen LogP contribution in [-0.4, -0.2) is 39.6 Å². The van der Waals surface area contributed by atoms with Gasteiger partial charge in [-0.15, -0.1) is 5.10 Å². The van der Waals surface area contributed by atoms with Crippen LogP contribution in [-0.2, 0) is 11.2 Å². The van der Waals surface area contributed by atoms with Crippen LogP contribution in [0.4, 0.5) is 5.13 Å². The minimum Gasteiger partial charge on any atom is -0.354 e. The second kappa shape index (κ2) is 8.10. The van der Waals surface area contributed by atoms with E-state index in [-0.39, 0.29) is 17.5 Å². The summed E-state index contributed by atoms with van der Waals surface area (Å²) in [6.07, 6.45) is 3.57. The predicted octanol–water partition coefficient (Wildman–Crippen LogP) is 2.18. The summed E-state index contributed by atoms with van der Waals surface area (Å²) in [5.74, 6) is 0.0290. The molecule has 0 spiro atoms. The Kier molecular flexibility index (Phi) is 5.38. The fraction of sp³-hybridized carbons (Fsp3) is 0.400. The van der Waals surface area contributed by atoms with Crippen LogP contribution >= 0.6 is 11.3 Å². The highest BCUT2D eigenvalue weighted by Gasteiger charge is 2.33. The molecule has 8 heteroatoms. The number of nitrogens with one attached hydrogen (secondary N) is 1. The number of amides is 1. The summed E-state index contributed by atoms with van der Waals surface area (Å²) in [6, 6.07) is 11.5. The van der Waals surface area contributed by atoms with Gasteiger partial charge >= 0.3 is 0 Å². The van der Waals surface area contributed by atoms with Crippen molar-refractivity contribution in [2.75, 3.05) is 18.0 Å². The van der Waals surface area contributed by atoms with E-state index in [0.717, 1.165) is 32.2 Å². The van der Waals surface area contributed by atoms with E-state index in [1.165, 1.54) is 27.5 Å². The topological polar surface area (TPSA) is 79.6 Å². The zero-order valence-electron chi connectivity index (χ0n) is 15.8. The van der Waals surface area contributed by atoms with Crippen molar-refractivity contribution in [2.24, 2.45) is 0 Å². The summed E-state index contributed by atoms with van der Waals surface area (Å²) in [4.78, 5) is 31.8. The van der Waals surface area contributed by atoms with Crippen molar-refractivity contribution < 1.29 is 4.79 Å². The lowest BCUT2D eigenvalue weighted by molar-refractivity contribution is -0.122. The van der Waals surface area contributed by atoms with E-state index < -0.39 is 0 Å². The van der Waals surface area contributed by atoms with E-state index in [1.54, 1.807) is 6.92 Å². The standard InChI is InChI=1S/C20H23N5O2S/c1-14-13-17(26)25-19(22-14)28-20(23-25)24-12-6-10-16(24)18(27)21-11-5-9-15-7-3-2-4-8-15/h2-4,7-8,13,16H,5-6,9-12H2,1H3,(H,21,27)/t16-/m1/s1. The highest BCUT2D eigenvalue weighted by molar-refractivity contribution is 7.20. The van der Waals surface area contributed by atoms with Gasteiger partial charge in [-0.25, -0.2) is 4.98 Å². The van der Waals surface area contributed by atoms with Crippen molar-refractivity contribution in [3.8, 4) is 0 Å². The molecule has 4 rings (SSSR count). The SMILES string of the molecule is Cc1cc(=O)n2nc(N3CCC[C@@H]3C(=O)NCCCc3ccccc3)sc2n1. The fourth-order valence-electron chi connectivity index (χ4n) is 3.56. The monoisotopic (exact) mass is 397 g/mol. The van der Waals surface area contributed by atoms with Crippen molar-refractivity contribution >= 4 is 27.3 Å². The molecule has 1 aliphatic heterocycles. The second-order valence-electron chi connectivity index (χ2n) is 7.05. The molecule has 1 saturated heterocycles. The maximum Gasteiger partial charge on any atom is 0.275 e. The number of aromatic nitrogens is 3. The number of benzene rings is 1. The predicted molar refractivity (Wildman–Crippen MR) is 110 cm³/mol. The van der Waals surface area contributed by atoms with E-state index in [1.807, 2.05) is 23.1 Å². The Morgan fingerprint density at radius 1 is 1.32 bits per heavy atom. The Morgan fingerprint density at radius 2 is 2.14 bits per heavy atom. The van der Waals surface area contributed by atoms with Crippen molar-refractivity contribution in [1.82, 2.24) is 19.9 Å². The van der Waals surface area contributed by atoms with Crippen molar-refractivity contribution in [3.63, 3.8) is 0 Å². The molecule has 0 radical (unpaired) electrons. The van der Waals surface area contributed by atoms with E-state index in [0.29, 0.717) is 22.3 Å². The Bertz CT molecular complexity index is 1030. The van der Waals surface area contributed by atoms with Gasteiger partial charge in [0.15, 0.2) is 0 Å². The van der Waals surface area contributed by atoms with Gasteiger partial charge in [-0.3, -0.25) is 9.59 Å². The fourth-order valence-corrected chi connectivity index (χ4v) is 4.59. The van der Waals surface area contributed by atoms with Gasteiger partial charge in [-0.05, 0) is 38.2 Å². The molecule has 0 bridgehead atoms. The number of aryl methyl sites for hydroxylation is 2. The van der Waals surface area contributed by atoms with Gasteiger partial charge in [-0.2, -0.15) is 4.52 Å². The molecule has 1 N–H and O–H groups in total. The molecule has 3 aromatic rings. The Balaban J connectivity index is 1.39. The van der Waals surface area contributed by atoms with Crippen LogP contribution in [0.2, 0.25) is 0 Å². The summed E-state index contributed by atoms with van der Waals surface area (Å²) >= 11 is 1.36. The van der Waals surface area contributed by atoms with Gasteiger partial charge in [-0.1, -0.05) is 41.7 Å². The van der Waals surface area contributed by atoms with E-state index in [4.69, 9.17) is 0 Å². The van der Waals surface area contributed by atoms with Gasteiger partial charge in [0.05, 0.1) is 0 Å². The lowest BCUT2D eigenvalue weighted by Crippen LogP contribution is -2.43. The van der Waals surface area contributed by atoms with Crippen LogP contribution in [0.1, 0.15) is 30.5 Å². The van der Waals surface area contributed by atoms with Gasteiger partial charge in [0, 0.05) is 24.8 Å². The van der Waals surface area contributed by atoms with Crippen molar-refractivity contribution in [3.05, 3.63) is 58.0 Å². The van der Waals surface area contributed by atoms with Crippen LogP contribution in [0.15, 0.2) is 41.2 Å². The zero-order valence-corrected chi connectivity index (χ0v) is 16.6. The Hall–Kier alpha value is -2.74. The molecule has 3 heterocycles. The Morgan fingerprint density at radius 3 is 2.96 bits per heavy atom. The molecule has 1 atom stereocenters. The lowest BCUT2D eigenvalue weighted by atomic mass is 10.1. The molecule has 0 aliphatic carbocycles. The maximum atomic E-state index is 12.7. The molecule has 1 fully saturated rings. The molecule has 1 aromatic carbocycles. The zero-order chi connectivity index (χ0) is 19.5. The average Bonchev–Trinajstić information content (AvgIpc) is 3.32. The largest absolute Gasteiger partial charge is 0.354 e. The van der Waals surface area contributed by atoms with Crippen LogP contribution in [0.25, 0.3) is 4.96 Å². The van der Waals surface area contributed by atoms with Crippen molar-refractivity contribution in [2.45, 2.75) is 38.6 Å². The third-order valence-electron chi connectivity index (χ3n) is 4.95. The van der Waals surface area contributed by atoms with Crippen LogP contribution < -0.4 is 15.8 Å². The molecule has 146 valence electrons. The van der Waals surface area contributed by atoms with Crippen LogP contribution in [0.5, 0.6) is 0 Å². The maximum absolute atomic E-state index is 12.7. The average molecular weight is 398 g/mol. The summed E-state index contributed by atoms with van der Waals surface area (Å²) in [6.45, 7) is 3.20. The summed E-state index contributed by atoms with van der Waals surface area (Å²) in [5, 5.41) is 8.15.